The molecule has 6 nitrogen and oxygen atoms in total. The predicted molar refractivity (Wildman–Crippen MR) is 87.4 cm³/mol. The smallest absolute Gasteiger partial charge is 0.410 e. The third-order valence-corrected chi connectivity index (χ3v) is 3.72. The highest BCUT2D eigenvalue weighted by Crippen LogP contribution is 2.21. The largest absolute Gasteiger partial charge is 0.449 e. The number of benzene rings is 1. The van der Waals surface area contributed by atoms with Gasteiger partial charge in [-0.1, -0.05) is 25.4 Å². The highest BCUT2D eigenvalue weighted by atomic mass is 35.5. The zero-order chi connectivity index (χ0) is 17.0. The van der Waals surface area contributed by atoms with Gasteiger partial charge in [0, 0.05) is 17.1 Å². The predicted octanol–water partition coefficient (Wildman–Crippen LogP) is 2.51. The number of β-amino-alcohol motifs (C(OH)–C–C–N with tert-alkyl or cyclic N) is 1. The molecular formula is C16H21ClN2O4. The third-order valence-electron chi connectivity index (χ3n) is 3.47. The van der Waals surface area contributed by atoms with Crippen LogP contribution in [-0.2, 0) is 9.53 Å². The number of aliphatic hydroxyl groups excluding tert-OH is 1. The average Bonchev–Trinajstić information content (AvgIpc) is 2.89. The molecule has 0 radical (unpaired) electrons. The van der Waals surface area contributed by atoms with Gasteiger partial charge in [0.1, 0.15) is 6.04 Å². The van der Waals surface area contributed by atoms with Gasteiger partial charge < -0.3 is 15.2 Å². The summed E-state index contributed by atoms with van der Waals surface area (Å²) >= 11 is 5.80. The first-order valence-corrected chi connectivity index (χ1v) is 7.92. The van der Waals surface area contributed by atoms with E-state index in [-0.39, 0.29) is 31.4 Å². The van der Waals surface area contributed by atoms with Crippen LogP contribution in [-0.4, -0.2) is 47.3 Å². The van der Waals surface area contributed by atoms with Gasteiger partial charge in [-0.15, -0.1) is 0 Å². The lowest BCUT2D eigenvalue weighted by atomic mass is 10.2. The Bertz CT molecular complexity index is 562. The zero-order valence-electron chi connectivity index (χ0n) is 13.2. The molecule has 0 unspecified atom stereocenters. The zero-order valence-corrected chi connectivity index (χ0v) is 13.9. The SMILES string of the molecule is CC(C)COC(=O)N1C[C@@H](O)C[C@@H]1C(=O)Nc1ccc(Cl)cc1. The minimum absolute atomic E-state index is 0.0929. The van der Waals surface area contributed by atoms with E-state index in [0.717, 1.165) is 0 Å². The lowest BCUT2D eigenvalue weighted by Crippen LogP contribution is -2.43. The van der Waals surface area contributed by atoms with Crippen molar-refractivity contribution in [2.24, 2.45) is 5.92 Å². The number of aliphatic hydroxyl groups is 1. The number of rotatable bonds is 4. The van der Waals surface area contributed by atoms with Crippen molar-refractivity contribution in [2.45, 2.75) is 32.4 Å². The number of hydrogen-bond acceptors (Lipinski definition) is 4. The van der Waals surface area contributed by atoms with E-state index >= 15 is 0 Å². The van der Waals surface area contributed by atoms with Crippen LogP contribution in [0.5, 0.6) is 0 Å². The standard InChI is InChI=1S/C16H21ClN2O4/c1-10(2)9-23-16(22)19-8-13(20)7-14(19)15(21)18-12-5-3-11(17)4-6-12/h3-6,10,13-14,20H,7-9H2,1-2H3,(H,18,21)/t13-,14+/m0/s1. The van der Waals surface area contributed by atoms with Gasteiger partial charge in [0.25, 0.3) is 0 Å². The van der Waals surface area contributed by atoms with Gasteiger partial charge in [0.2, 0.25) is 5.91 Å². The lowest BCUT2D eigenvalue weighted by molar-refractivity contribution is -0.120. The molecule has 1 aliphatic heterocycles. The fourth-order valence-electron chi connectivity index (χ4n) is 2.34. The van der Waals surface area contributed by atoms with E-state index in [1.54, 1.807) is 24.3 Å². The minimum atomic E-state index is -0.750. The topological polar surface area (TPSA) is 78.9 Å². The van der Waals surface area contributed by atoms with Gasteiger partial charge in [-0.25, -0.2) is 4.79 Å². The highest BCUT2D eigenvalue weighted by molar-refractivity contribution is 6.30. The Morgan fingerprint density at radius 2 is 2.04 bits per heavy atom. The molecule has 2 N–H and O–H groups in total. The van der Waals surface area contributed by atoms with Gasteiger partial charge in [0.05, 0.1) is 19.3 Å². The Balaban J connectivity index is 2.01. The second kappa shape index (κ2) is 7.66. The summed E-state index contributed by atoms with van der Waals surface area (Å²) in [6, 6.07) is 5.92. The van der Waals surface area contributed by atoms with Crippen molar-refractivity contribution in [1.29, 1.82) is 0 Å². The summed E-state index contributed by atoms with van der Waals surface area (Å²) in [5.74, 6) is -0.154. The number of anilines is 1. The fraction of sp³-hybridized carbons (Fsp3) is 0.500. The van der Waals surface area contributed by atoms with E-state index in [1.807, 2.05) is 13.8 Å². The molecule has 1 aromatic rings. The number of carbonyl (C=O) groups excluding carboxylic acids is 2. The first kappa shape index (κ1) is 17.6. The monoisotopic (exact) mass is 340 g/mol. The minimum Gasteiger partial charge on any atom is -0.449 e. The van der Waals surface area contributed by atoms with Crippen LogP contribution in [0.15, 0.2) is 24.3 Å². The summed E-state index contributed by atoms with van der Waals surface area (Å²) in [5, 5.41) is 13.1. The van der Waals surface area contributed by atoms with Gasteiger partial charge in [-0.2, -0.15) is 0 Å². The molecular weight excluding hydrogens is 320 g/mol. The molecule has 7 heteroatoms. The van der Waals surface area contributed by atoms with Crippen LogP contribution in [0.2, 0.25) is 5.02 Å². The molecule has 2 rings (SSSR count). The van der Waals surface area contributed by atoms with Gasteiger partial charge in [-0.05, 0) is 30.2 Å². The molecule has 1 fully saturated rings. The van der Waals surface area contributed by atoms with Gasteiger partial charge in [-0.3, -0.25) is 9.69 Å². The van der Waals surface area contributed by atoms with Crippen molar-refractivity contribution in [3.63, 3.8) is 0 Å². The average molecular weight is 341 g/mol. The van der Waals surface area contributed by atoms with Crippen LogP contribution < -0.4 is 5.32 Å². The number of nitrogens with zero attached hydrogens (tertiary/aromatic N) is 1. The molecule has 1 aliphatic rings. The first-order chi connectivity index (χ1) is 10.9. The normalized spacial score (nSPS) is 20.7. The van der Waals surface area contributed by atoms with E-state index in [9.17, 15) is 14.7 Å². The highest BCUT2D eigenvalue weighted by Gasteiger charge is 2.39. The molecule has 0 aromatic heterocycles. The molecule has 2 amide bonds. The summed E-state index contributed by atoms with van der Waals surface area (Å²) in [5.41, 5.74) is 0.580. The number of carbonyl (C=O) groups is 2. The maximum absolute atomic E-state index is 12.4. The summed E-state index contributed by atoms with van der Waals surface area (Å²) in [7, 11) is 0. The van der Waals surface area contributed by atoms with Crippen LogP contribution in [0, 0.1) is 5.92 Å². The summed E-state index contributed by atoms with van der Waals surface area (Å²) in [6.45, 7) is 4.22. The maximum atomic E-state index is 12.4. The summed E-state index contributed by atoms with van der Waals surface area (Å²) in [4.78, 5) is 25.8. The number of likely N-dealkylation sites (tertiary alicyclic amines) is 1. The van der Waals surface area contributed by atoms with Crippen LogP contribution >= 0.6 is 11.6 Å². The Morgan fingerprint density at radius 3 is 2.65 bits per heavy atom. The Kier molecular flexibility index (Phi) is 5.85. The Hall–Kier alpha value is -1.79. The molecule has 1 saturated heterocycles. The van der Waals surface area contributed by atoms with E-state index in [0.29, 0.717) is 10.7 Å². The number of amides is 2. The second-order valence-corrected chi connectivity index (χ2v) is 6.46. The van der Waals surface area contributed by atoms with Crippen molar-refractivity contribution in [1.82, 2.24) is 4.90 Å². The molecule has 0 spiro atoms. The molecule has 2 atom stereocenters. The number of halogens is 1. The number of hydrogen-bond donors (Lipinski definition) is 2. The quantitative estimate of drug-likeness (QED) is 0.882. The van der Waals surface area contributed by atoms with Gasteiger partial charge in [0.15, 0.2) is 0 Å². The van der Waals surface area contributed by atoms with Gasteiger partial charge >= 0.3 is 6.09 Å². The second-order valence-electron chi connectivity index (χ2n) is 6.02. The van der Waals surface area contributed by atoms with Crippen molar-refractivity contribution in [2.75, 3.05) is 18.5 Å². The van der Waals surface area contributed by atoms with Crippen molar-refractivity contribution >= 4 is 29.3 Å². The lowest BCUT2D eigenvalue weighted by Gasteiger charge is -2.23. The molecule has 0 bridgehead atoms. The molecule has 1 aromatic carbocycles. The number of ether oxygens (including phenoxy) is 1. The maximum Gasteiger partial charge on any atom is 0.410 e. The number of nitrogens with one attached hydrogen (secondary N) is 1. The van der Waals surface area contributed by atoms with Crippen molar-refractivity contribution in [3.05, 3.63) is 29.3 Å². The molecule has 0 saturated carbocycles. The fourth-order valence-corrected chi connectivity index (χ4v) is 2.47. The van der Waals surface area contributed by atoms with E-state index in [4.69, 9.17) is 16.3 Å². The van der Waals surface area contributed by atoms with Crippen molar-refractivity contribution < 1.29 is 19.4 Å². The summed E-state index contributed by atoms with van der Waals surface area (Å²) in [6.07, 6.45) is -1.12. The van der Waals surface area contributed by atoms with E-state index in [1.165, 1.54) is 4.90 Å². The summed E-state index contributed by atoms with van der Waals surface area (Å²) < 4.78 is 5.16. The molecule has 126 valence electrons. The van der Waals surface area contributed by atoms with E-state index < -0.39 is 18.2 Å². The molecule has 23 heavy (non-hydrogen) atoms. The van der Waals surface area contributed by atoms with Crippen LogP contribution in [0.1, 0.15) is 20.3 Å². The van der Waals surface area contributed by atoms with Crippen LogP contribution in [0.4, 0.5) is 10.5 Å². The molecule has 1 heterocycles. The first-order valence-electron chi connectivity index (χ1n) is 7.54. The van der Waals surface area contributed by atoms with Crippen molar-refractivity contribution in [3.8, 4) is 0 Å². The van der Waals surface area contributed by atoms with Crippen LogP contribution in [0.25, 0.3) is 0 Å². The molecule has 0 aliphatic carbocycles. The Morgan fingerprint density at radius 1 is 1.39 bits per heavy atom. The van der Waals surface area contributed by atoms with E-state index in [2.05, 4.69) is 5.32 Å². The van der Waals surface area contributed by atoms with Crippen LogP contribution in [0.3, 0.4) is 0 Å². The Labute approximate surface area is 140 Å². The third kappa shape index (κ3) is 4.84.